The molecule has 0 aliphatic heterocycles. The normalized spacial score (nSPS) is 12.3. The fourth-order valence-electron chi connectivity index (χ4n) is 1.55. The zero-order chi connectivity index (χ0) is 14.2. The van der Waals surface area contributed by atoms with Crippen LogP contribution in [0.4, 0.5) is 0 Å². The molecule has 0 aliphatic carbocycles. The van der Waals surface area contributed by atoms with Crippen molar-refractivity contribution in [2.75, 3.05) is 19.7 Å². The molecule has 1 aromatic carbocycles. The van der Waals surface area contributed by atoms with Crippen LogP contribution >= 0.6 is 11.6 Å². The molecular formula is C13H16ClN3O3. The van der Waals surface area contributed by atoms with Crippen molar-refractivity contribution < 1.29 is 14.4 Å². The van der Waals surface area contributed by atoms with Gasteiger partial charge in [-0.05, 0) is 24.3 Å². The molecular weight excluding hydrogens is 282 g/mol. The molecule has 1 unspecified atom stereocenters. The summed E-state index contributed by atoms with van der Waals surface area (Å²) >= 11 is 5.77. The molecule has 20 heavy (non-hydrogen) atoms. The van der Waals surface area contributed by atoms with Gasteiger partial charge in [0.15, 0.2) is 6.33 Å². The number of hydrogen-bond donors (Lipinski definition) is 2. The van der Waals surface area contributed by atoms with Crippen LogP contribution in [0.5, 0.6) is 5.75 Å². The Labute approximate surface area is 121 Å². The highest BCUT2D eigenvalue weighted by atomic mass is 35.5. The minimum atomic E-state index is -0.589. The number of nitrogens with zero attached hydrogens (tertiary/aromatic N) is 2. The molecule has 0 fully saturated rings. The lowest BCUT2D eigenvalue weighted by molar-refractivity contribution is 0.106. The Morgan fingerprint density at radius 1 is 1.35 bits per heavy atom. The Bertz CT molecular complexity index is 490. The molecule has 0 saturated carbocycles. The van der Waals surface area contributed by atoms with Gasteiger partial charge in [-0.2, -0.15) is 4.98 Å². The first-order chi connectivity index (χ1) is 9.74. The highest BCUT2D eigenvalue weighted by Gasteiger charge is 2.05. The maximum atomic E-state index is 9.76. The molecule has 2 rings (SSSR count). The van der Waals surface area contributed by atoms with E-state index in [2.05, 4.69) is 15.5 Å². The van der Waals surface area contributed by atoms with E-state index in [0.29, 0.717) is 36.2 Å². The fourth-order valence-corrected chi connectivity index (χ4v) is 1.68. The van der Waals surface area contributed by atoms with E-state index in [0.717, 1.165) is 0 Å². The molecule has 6 nitrogen and oxygen atoms in total. The predicted octanol–water partition coefficient (Wildman–Crippen LogP) is 1.29. The number of rotatable bonds is 8. The topological polar surface area (TPSA) is 80.4 Å². The van der Waals surface area contributed by atoms with Crippen LogP contribution in [-0.2, 0) is 6.42 Å². The maximum absolute atomic E-state index is 9.76. The molecule has 0 spiro atoms. The van der Waals surface area contributed by atoms with Crippen molar-refractivity contribution in [1.82, 2.24) is 15.5 Å². The zero-order valence-corrected chi connectivity index (χ0v) is 11.6. The summed E-state index contributed by atoms with van der Waals surface area (Å²) in [6.07, 6.45) is 1.41. The largest absolute Gasteiger partial charge is 0.491 e. The molecule has 2 N–H and O–H groups in total. The quantitative estimate of drug-likeness (QED) is 0.715. The summed E-state index contributed by atoms with van der Waals surface area (Å²) in [4.78, 5) is 3.90. The van der Waals surface area contributed by atoms with Gasteiger partial charge in [0.2, 0.25) is 5.89 Å². The van der Waals surface area contributed by atoms with Crippen LogP contribution in [0.1, 0.15) is 5.89 Å². The standard InChI is InChI=1S/C13H16ClN3O3/c14-10-1-3-12(4-2-10)19-8-11(18)7-15-6-5-13-16-9-17-20-13/h1-4,9,11,15,18H,5-8H2. The Balaban J connectivity index is 1.58. The second kappa shape index (κ2) is 7.84. The van der Waals surface area contributed by atoms with E-state index < -0.39 is 6.10 Å². The van der Waals surface area contributed by atoms with Crippen LogP contribution in [0.15, 0.2) is 35.1 Å². The van der Waals surface area contributed by atoms with Gasteiger partial charge in [0.25, 0.3) is 0 Å². The van der Waals surface area contributed by atoms with E-state index in [4.69, 9.17) is 20.9 Å². The second-order valence-electron chi connectivity index (χ2n) is 4.21. The van der Waals surface area contributed by atoms with Crippen molar-refractivity contribution in [3.63, 3.8) is 0 Å². The fraction of sp³-hybridized carbons (Fsp3) is 0.385. The van der Waals surface area contributed by atoms with Gasteiger partial charge in [-0.3, -0.25) is 0 Å². The Kier molecular flexibility index (Phi) is 5.79. The second-order valence-corrected chi connectivity index (χ2v) is 4.64. The molecule has 108 valence electrons. The van der Waals surface area contributed by atoms with Crippen molar-refractivity contribution in [2.24, 2.45) is 0 Å². The number of aliphatic hydroxyl groups is 1. The summed E-state index contributed by atoms with van der Waals surface area (Å²) in [7, 11) is 0. The number of nitrogens with one attached hydrogen (secondary N) is 1. The van der Waals surface area contributed by atoms with Gasteiger partial charge >= 0.3 is 0 Å². The third-order valence-corrected chi connectivity index (χ3v) is 2.81. The minimum Gasteiger partial charge on any atom is -0.491 e. The molecule has 2 aromatic rings. The van der Waals surface area contributed by atoms with Gasteiger partial charge < -0.3 is 19.7 Å². The van der Waals surface area contributed by atoms with Crippen molar-refractivity contribution in [1.29, 1.82) is 0 Å². The number of halogens is 1. The first-order valence-electron chi connectivity index (χ1n) is 6.27. The lowest BCUT2D eigenvalue weighted by Crippen LogP contribution is -2.32. The van der Waals surface area contributed by atoms with E-state index in [-0.39, 0.29) is 6.61 Å². The van der Waals surface area contributed by atoms with Crippen molar-refractivity contribution >= 4 is 11.6 Å². The van der Waals surface area contributed by atoms with Gasteiger partial charge in [-0.25, -0.2) is 0 Å². The molecule has 0 aliphatic rings. The van der Waals surface area contributed by atoms with Gasteiger partial charge in [0.05, 0.1) is 0 Å². The summed E-state index contributed by atoms with van der Waals surface area (Å²) in [5, 5.41) is 17.0. The van der Waals surface area contributed by atoms with E-state index in [1.54, 1.807) is 24.3 Å². The highest BCUT2D eigenvalue weighted by Crippen LogP contribution is 2.15. The molecule has 1 heterocycles. The summed E-state index contributed by atoms with van der Waals surface area (Å²) < 4.78 is 10.3. The van der Waals surface area contributed by atoms with Crippen LogP contribution in [-0.4, -0.2) is 41.0 Å². The summed E-state index contributed by atoms with van der Waals surface area (Å²) in [6.45, 7) is 1.30. The number of benzene rings is 1. The van der Waals surface area contributed by atoms with Crippen LogP contribution in [0, 0.1) is 0 Å². The zero-order valence-electron chi connectivity index (χ0n) is 10.8. The number of ether oxygens (including phenoxy) is 1. The Hall–Kier alpha value is -1.63. The van der Waals surface area contributed by atoms with Crippen LogP contribution in [0.3, 0.4) is 0 Å². The molecule has 7 heteroatoms. The molecule has 1 aromatic heterocycles. The third-order valence-electron chi connectivity index (χ3n) is 2.56. The molecule has 0 bridgehead atoms. The first-order valence-corrected chi connectivity index (χ1v) is 6.64. The van der Waals surface area contributed by atoms with E-state index in [1.165, 1.54) is 6.33 Å². The maximum Gasteiger partial charge on any atom is 0.227 e. The van der Waals surface area contributed by atoms with E-state index in [9.17, 15) is 5.11 Å². The summed E-state index contributed by atoms with van der Waals surface area (Å²) in [5.74, 6) is 1.25. The van der Waals surface area contributed by atoms with Gasteiger partial charge in [0.1, 0.15) is 18.5 Å². The number of aromatic nitrogens is 2. The highest BCUT2D eigenvalue weighted by molar-refractivity contribution is 6.30. The Morgan fingerprint density at radius 3 is 2.85 bits per heavy atom. The van der Waals surface area contributed by atoms with Gasteiger partial charge in [0, 0.05) is 24.5 Å². The summed E-state index contributed by atoms with van der Waals surface area (Å²) in [5.41, 5.74) is 0. The molecule has 0 amide bonds. The number of aliphatic hydroxyl groups excluding tert-OH is 1. The minimum absolute atomic E-state index is 0.217. The number of hydrogen-bond acceptors (Lipinski definition) is 6. The first kappa shape index (κ1) is 14.8. The monoisotopic (exact) mass is 297 g/mol. The Morgan fingerprint density at radius 2 is 2.15 bits per heavy atom. The molecule has 0 saturated heterocycles. The van der Waals surface area contributed by atoms with Gasteiger partial charge in [-0.15, -0.1) is 0 Å². The van der Waals surface area contributed by atoms with E-state index in [1.807, 2.05) is 0 Å². The third kappa shape index (κ3) is 5.16. The van der Waals surface area contributed by atoms with Crippen molar-refractivity contribution in [3.05, 3.63) is 41.5 Å². The molecule has 0 radical (unpaired) electrons. The predicted molar refractivity (Wildman–Crippen MR) is 73.8 cm³/mol. The van der Waals surface area contributed by atoms with Crippen LogP contribution in [0.25, 0.3) is 0 Å². The smallest absolute Gasteiger partial charge is 0.227 e. The lowest BCUT2D eigenvalue weighted by atomic mass is 10.3. The van der Waals surface area contributed by atoms with E-state index >= 15 is 0 Å². The van der Waals surface area contributed by atoms with Crippen molar-refractivity contribution in [3.8, 4) is 5.75 Å². The van der Waals surface area contributed by atoms with Crippen LogP contribution in [0.2, 0.25) is 5.02 Å². The van der Waals surface area contributed by atoms with Crippen LogP contribution < -0.4 is 10.1 Å². The van der Waals surface area contributed by atoms with Crippen molar-refractivity contribution in [2.45, 2.75) is 12.5 Å². The lowest BCUT2D eigenvalue weighted by Gasteiger charge is -2.13. The average Bonchev–Trinajstić information content (AvgIpc) is 2.96. The average molecular weight is 298 g/mol. The van der Waals surface area contributed by atoms with Gasteiger partial charge in [-0.1, -0.05) is 16.8 Å². The SMILES string of the molecule is OC(CNCCc1ncno1)COc1ccc(Cl)cc1. The molecule has 1 atom stereocenters. The summed E-state index contributed by atoms with van der Waals surface area (Å²) in [6, 6.07) is 7.01.